The summed E-state index contributed by atoms with van der Waals surface area (Å²) in [6.07, 6.45) is 0. The van der Waals surface area contributed by atoms with Gasteiger partial charge in [0.15, 0.2) is 0 Å². The van der Waals surface area contributed by atoms with Crippen molar-refractivity contribution in [2.75, 3.05) is 17.7 Å². The van der Waals surface area contributed by atoms with E-state index in [1.165, 1.54) is 0 Å². The largest absolute Gasteiger partial charge is 0.387 e. The second-order valence-corrected chi connectivity index (χ2v) is 4.42. The van der Waals surface area contributed by atoms with Gasteiger partial charge < -0.3 is 10.6 Å². The molecule has 0 aliphatic heterocycles. The van der Waals surface area contributed by atoms with Gasteiger partial charge >= 0.3 is 0 Å². The minimum atomic E-state index is -0.135. The van der Waals surface area contributed by atoms with Gasteiger partial charge in [-0.05, 0) is 26.0 Å². The van der Waals surface area contributed by atoms with E-state index in [0.717, 1.165) is 22.8 Å². The average Bonchev–Trinajstić information content (AvgIpc) is 2.65. The first-order chi connectivity index (χ1) is 9.04. The van der Waals surface area contributed by atoms with Crippen molar-refractivity contribution in [1.29, 1.82) is 0 Å². The van der Waals surface area contributed by atoms with Crippen LogP contribution in [0.25, 0.3) is 0 Å². The Balaban J connectivity index is 2.31. The van der Waals surface area contributed by atoms with Crippen LogP contribution in [-0.2, 0) is 7.05 Å². The molecule has 2 N–H and O–H groups in total. The van der Waals surface area contributed by atoms with Gasteiger partial charge in [0, 0.05) is 19.8 Å². The second-order valence-electron chi connectivity index (χ2n) is 4.42. The number of aryl methyl sites for hydroxylation is 2. The molecule has 0 radical (unpaired) electrons. The molecular weight excluding hydrogens is 240 g/mol. The highest BCUT2D eigenvalue weighted by Gasteiger charge is 2.15. The normalized spacial score (nSPS) is 10.3. The molecule has 0 fully saturated rings. The first kappa shape index (κ1) is 13.1. The van der Waals surface area contributed by atoms with E-state index in [2.05, 4.69) is 15.7 Å². The van der Waals surface area contributed by atoms with Crippen LogP contribution >= 0.6 is 0 Å². The Hall–Kier alpha value is -2.30. The Morgan fingerprint density at radius 2 is 1.95 bits per heavy atom. The van der Waals surface area contributed by atoms with Gasteiger partial charge in [-0.15, -0.1) is 0 Å². The molecular formula is C14H18N4O. The van der Waals surface area contributed by atoms with Crippen LogP contribution in [0.2, 0.25) is 0 Å². The van der Waals surface area contributed by atoms with Crippen LogP contribution in [0, 0.1) is 13.8 Å². The number of carbonyl (C=O) groups excluding carboxylic acids is 1. The summed E-state index contributed by atoms with van der Waals surface area (Å²) in [5.74, 6) is -0.135. The number of para-hydroxylation sites is 1. The summed E-state index contributed by atoms with van der Waals surface area (Å²) in [6, 6.07) is 7.40. The highest BCUT2D eigenvalue weighted by molar-refractivity contribution is 6.08. The number of hydrogen-bond donors (Lipinski definition) is 2. The van der Waals surface area contributed by atoms with Gasteiger partial charge in [0.1, 0.15) is 0 Å². The fourth-order valence-electron chi connectivity index (χ4n) is 2.03. The molecule has 100 valence electrons. The van der Waals surface area contributed by atoms with Gasteiger partial charge in [0.05, 0.1) is 22.6 Å². The number of rotatable bonds is 3. The first-order valence-electron chi connectivity index (χ1n) is 6.13. The predicted octanol–water partition coefficient (Wildman–Crippen LogP) is 2.33. The van der Waals surface area contributed by atoms with Crippen LogP contribution in [0.15, 0.2) is 24.3 Å². The van der Waals surface area contributed by atoms with E-state index in [0.29, 0.717) is 5.56 Å². The topological polar surface area (TPSA) is 59.0 Å². The zero-order valence-electron chi connectivity index (χ0n) is 11.6. The minimum Gasteiger partial charge on any atom is -0.387 e. The molecule has 0 spiro atoms. The molecule has 0 aliphatic rings. The third kappa shape index (κ3) is 2.45. The van der Waals surface area contributed by atoms with Gasteiger partial charge in [0.25, 0.3) is 5.91 Å². The van der Waals surface area contributed by atoms with Crippen molar-refractivity contribution in [2.24, 2.45) is 7.05 Å². The van der Waals surface area contributed by atoms with Gasteiger partial charge in [-0.3, -0.25) is 9.48 Å². The lowest BCUT2D eigenvalue weighted by Gasteiger charge is -2.09. The number of carbonyl (C=O) groups is 1. The minimum absolute atomic E-state index is 0.135. The molecule has 0 unspecified atom stereocenters. The monoisotopic (exact) mass is 258 g/mol. The zero-order valence-corrected chi connectivity index (χ0v) is 11.6. The molecule has 0 saturated carbocycles. The van der Waals surface area contributed by atoms with Crippen molar-refractivity contribution in [3.05, 3.63) is 41.2 Å². The van der Waals surface area contributed by atoms with Crippen molar-refractivity contribution >= 4 is 17.3 Å². The number of hydrogen-bond acceptors (Lipinski definition) is 3. The second kappa shape index (κ2) is 5.14. The molecule has 5 nitrogen and oxygen atoms in total. The Morgan fingerprint density at radius 1 is 1.26 bits per heavy atom. The molecule has 5 heteroatoms. The summed E-state index contributed by atoms with van der Waals surface area (Å²) >= 11 is 0. The third-order valence-electron chi connectivity index (χ3n) is 3.19. The Labute approximate surface area is 112 Å². The van der Waals surface area contributed by atoms with Crippen LogP contribution < -0.4 is 10.6 Å². The van der Waals surface area contributed by atoms with E-state index in [4.69, 9.17) is 0 Å². The number of nitrogens with one attached hydrogen (secondary N) is 2. The molecule has 2 aromatic rings. The van der Waals surface area contributed by atoms with Crippen molar-refractivity contribution in [3.63, 3.8) is 0 Å². The quantitative estimate of drug-likeness (QED) is 0.888. The lowest BCUT2D eigenvalue weighted by atomic mass is 10.1. The highest BCUT2D eigenvalue weighted by atomic mass is 16.1. The predicted molar refractivity (Wildman–Crippen MR) is 76.6 cm³/mol. The van der Waals surface area contributed by atoms with Crippen molar-refractivity contribution in [3.8, 4) is 0 Å². The summed E-state index contributed by atoms with van der Waals surface area (Å²) in [5.41, 5.74) is 3.95. The maximum atomic E-state index is 12.3. The molecule has 0 atom stereocenters. The van der Waals surface area contributed by atoms with E-state index in [-0.39, 0.29) is 5.91 Å². The van der Waals surface area contributed by atoms with Crippen LogP contribution in [-0.4, -0.2) is 22.7 Å². The fourth-order valence-corrected chi connectivity index (χ4v) is 2.03. The smallest absolute Gasteiger partial charge is 0.257 e. The number of amides is 1. The van der Waals surface area contributed by atoms with Crippen molar-refractivity contribution in [1.82, 2.24) is 9.78 Å². The van der Waals surface area contributed by atoms with Crippen molar-refractivity contribution < 1.29 is 4.79 Å². The maximum Gasteiger partial charge on any atom is 0.257 e. The Morgan fingerprint density at radius 3 is 2.53 bits per heavy atom. The lowest BCUT2D eigenvalue weighted by Crippen LogP contribution is -2.15. The molecule has 1 amide bonds. The van der Waals surface area contributed by atoms with Crippen LogP contribution in [0.1, 0.15) is 21.7 Å². The van der Waals surface area contributed by atoms with E-state index in [9.17, 15) is 4.79 Å². The number of aromatic nitrogens is 2. The highest BCUT2D eigenvalue weighted by Crippen LogP contribution is 2.21. The summed E-state index contributed by atoms with van der Waals surface area (Å²) in [5, 5.41) is 10.2. The number of anilines is 2. The molecule has 0 bridgehead atoms. The van der Waals surface area contributed by atoms with E-state index in [1.807, 2.05) is 39.1 Å². The maximum absolute atomic E-state index is 12.3. The fraction of sp³-hybridized carbons (Fsp3) is 0.286. The summed E-state index contributed by atoms with van der Waals surface area (Å²) in [4.78, 5) is 12.3. The van der Waals surface area contributed by atoms with Gasteiger partial charge in [-0.25, -0.2) is 0 Å². The Kier molecular flexibility index (Phi) is 3.55. The molecule has 1 aromatic heterocycles. The number of nitrogens with zero attached hydrogens (tertiary/aromatic N) is 2. The summed E-state index contributed by atoms with van der Waals surface area (Å²) < 4.78 is 1.76. The molecule has 1 aromatic carbocycles. The van der Waals surface area contributed by atoms with Crippen LogP contribution in [0.3, 0.4) is 0 Å². The third-order valence-corrected chi connectivity index (χ3v) is 3.19. The molecule has 2 rings (SSSR count). The van der Waals surface area contributed by atoms with Crippen molar-refractivity contribution in [2.45, 2.75) is 13.8 Å². The average molecular weight is 258 g/mol. The van der Waals surface area contributed by atoms with Crippen LogP contribution in [0.5, 0.6) is 0 Å². The summed E-state index contributed by atoms with van der Waals surface area (Å²) in [7, 11) is 3.66. The molecule has 0 saturated heterocycles. The lowest BCUT2D eigenvalue weighted by molar-refractivity contribution is 0.102. The van der Waals surface area contributed by atoms with Gasteiger partial charge in [-0.1, -0.05) is 12.1 Å². The van der Waals surface area contributed by atoms with Crippen LogP contribution in [0.4, 0.5) is 11.4 Å². The zero-order chi connectivity index (χ0) is 14.0. The molecule has 1 heterocycles. The Bertz CT molecular complexity index is 616. The van der Waals surface area contributed by atoms with Gasteiger partial charge in [0.2, 0.25) is 0 Å². The van der Waals surface area contributed by atoms with E-state index >= 15 is 0 Å². The SMILES string of the molecule is CNc1ccccc1C(=O)Nc1c(C)nn(C)c1C. The van der Waals surface area contributed by atoms with E-state index in [1.54, 1.807) is 17.8 Å². The standard InChI is InChI=1S/C14H18N4O/c1-9-13(10(2)18(4)17-9)16-14(19)11-7-5-6-8-12(11)15-3/h5-8,15H,1-4H3,(H,16,19). The summed E-state index contributed by atoms with van der Waals surface area (Å²) in [6.45, 7) is 3.81. The molecule has 19 heavy (non-hydrogen) atoms. The molecule has 0 aliphatic carbocycles. The number of benzene rings is 1. The van der Waals surface area contributed by atoms with Gasteiger partial charge in [-0.2, -0.15) is 5.10 Å². The first-order valence-corrected chi connectivity index (χ1v) is 6.13. The van der Waals surface area contributed by atoms with E-state index < -0.39 is 0 Å².